The normalized spacial score (nSPS) is 13.3. The molecular formula is C19H30N4O6S. The monoisotopic (exact) mass is 442 g/mol. The summed E-state index contributed by atoms with van der Waals surface area (Å²) in [7, 11) is 0. The Morgan fingerprint density at radius 2 is 1.67 bits per heavy atom. The minimum Gasteiger partial charge on any atom is -0.494 e. The molecule has 2 unspecified atom stereocenters. The van der Waals surface area contributed by atoms with Crippen LogP contribution in [0.2, 0.25) is 0 Å². The molecule has 1 heterocycles. The minimum atomic E-state index is -0.658. The summed E-state index contributed by atoms with van der Waals surface area (Å²) in [6.07, 6.45) is -1.13. The van der Waals surface area contributed by atoms with Crippen LogP contribution in [0.1, 0.15) is 13.8 Å². The summed E-state index contributed by atoms with van der Waals surface area (Å²) >= 11 is 1.35. The van der Waals surface area contributed by atoms with Crippen LogP contribution in [0.15, 0.2) is 29.4 Å². The third kappa shape index (κ3) is 9.37. The second-order valence-corrected chi connectivity index (χ2v) is 7.36. The van der Waals surface area contributed by atoms with E-state index in [1.165, 1.54) is 11.8 Å². The number of nitrogens with zero attached hydrogens (tertiary/aromatic N) is 4. The lowest BCUT2D eigenvalue weighted by molar-refractivity contribution is -0.0164. The van der Waals surface area contributed by atoms with Gasteiger partial charge in [-0.3, -0.25) is 0 Å². The zero-order valence-electron chi connectivity index (χ0n) is 17.3. The Morgan fingerprint density at radius 3 is 2.33 bits per heavy atom. The van der Waals surface area contributed by atoms with Gasteiger partial charge in [0.2, 0.25) is 5.16 Å². The highest BCUT2D eigenvalue weighted by Gasteiger charge is 2.12. The highest BCUT2D eigenvalue weighted by atomic mass is 32.2. The Morgan fingerprint density at radius 1 is 1.00 bits per heavy atom. The third-order valence-corrected chi connectivity index (χ3v) is 4.72. The zero-order valence-corrected chi connectivity index (χ0v) is 18.2. The van der Waals surface area contributed by atoms with Crippen molar-refractivity contribution in [2.45, 2.75) is 31.2 Å². The van der Waals surface area contributed by atoms with Crippen molar-refractivity contribution in [3.8, 4) is 11.4 Å². The molecule has 2 N–H and O–H groups in total. The number of ether oxygens (including phenoxy) is 4. The number of hydrogen-bond acceptors (Lipinski definition) is 10. The molecule has 168 valence electrons. The Bertz CT molecular complexity index is 701. The molecule has 0 saturated carbocycles. The maximum atomic E-state index is 10.1. The molecule has 10 nitrogen and oxygen atoms in total. The van der Waals surface area contributed by atoms with Crippen molar-refractivity contribution in [3.63, 3.8) is 0 Å². The van der Waals surface area contributed by atoms with Crippen molar-refractivity contribution in [3.05, 3.63) is 24.3 Å². The van der Waals surface area contributed by atoms with Gasteiger partial charge in [0, 0.05) is 5.75 Å². The van der Waals surface area contributed by atoms with Gasteiger partial charge in [-0.05, 0) is 48.5 Å². The van der Waals surface area contributed by atoms with Crippen LogP contribution in [0.3, 0.4) is 0 Å². The van der Waals surface area contributed by atoms with E-state index >= 15 is 0 Å². The molecule has 30 heavy (non-hydrogen) atoms. The predicted molar refractivity (Wildman–Crippen MR) is 111 cm³/mol. The second-order valence-electron chi connectivity index (χ2n) is 6.38. The molecule has 0 fully saturated rings. The fourth-order valence-electron chi connectivity index (χ4n) is 2.31. The summed E-state index contributed by atoms with van der Waals surface area (Å²) in [5.41, 5.74) is 0.811. The van der Waals surface area contributed by atoms with Gasteiger partial charge < -0.3 is 29.2 Å². The molecule has 0 saturated heterocycles. The molecule has 1 aromatic heterocycles. The number of thioether (sulfide) groups is 1. The summed E-state index contributed by atoms with van der Waals surface area (Å²) in [5, 5.41) is 31.5. The molecule has 11 heteroatoms. The van der Waals surface area contributed by atoms with E-state index in [1.54, 1.807) is 11.6 Å². The van der Waals surface area contributed by atoms with Crippen LogP contribution < -0.4 is 4.74 Å². The van der Waals surface area contributed by atoms with E-state index in [4.69, 9.17) is 24.1 Å². The first-order chi connectivity index (χ1) is 14.6. The lowest BCUT2D eigenvalue weighted by Gasteiger charge is -2.11. The van der Waals surface area contributed by atoms with Crippen molar-refractivity contribution in [2.75, 3.05) is 52.0 Å². The first-order valence-corrected chi connectivity index (χ1v) is 10.8. The van der Waals surface area contributed by atoms with Gasteiger partial charge in [-0.25, -0.2) is 0 Å². The van der Waals surface area contributed by atoms with E-state index in [0.717, 1.165) is 11.4 Å². The van der Waals surface area contributed by atoms with E-state index in [1.807, 2.05) is 31.2 Å². The summed E-state index contributed by atoms with van der Waals surface area (Å²) < 4.78 is 23.0. The van der Waals surface area contributed by atoms with Gasteiger partial charge in [0.05, 0.1) is 64.1 Å². The van der Waals surface area contributed by atoms with Crippen LogP contribution in [0, 0.1) is 0 Å². The van der Waals surface area contributed by atoms with Crippen LogP contribution in [0.4, 0.5) is 0 Å². The van der Waals surface area contributed by atoms with Crippen LogP contribution >= 0.6 is 11.8 Å². The van der Waals surface area contributed by atoms with Gasteiger partial charge in [0.25, 0.3) is 0 Å². The van der Waals surface area contributed by atoms with E-state index in [-0.39, 0.29) is 6.61 Å². The summed E-state index contributed by atoms with van der Waals surface area (Å²) in [6, 6.07) is 7.47. The number of tetrazole rings is 1. The number of aliphatic hydroxyl groups excluding tert-OH is 2. The van der Waals surface area contributed by atoms with Crippen LogP contribution in [0.5, 0.6) is 5.75 Å². The molecule has 2 atom stereocenters. The van der Waals surface area contributed by atoms with Gasteiger partial charge in [-0.1, -0.05) is 11.8 Å². The van der Waals surface area contributed by atoms with Crippen molar-refractivity contribution < 1.29 is 29.2 Å². The molecule has 0 spiro atoms. The average Bonchev–Trinajstić information content (AvgIpc) is 3.20. The Balaban J connectivity index is 1.61. The number of rotatable bonds is 16. The topological polar surface area (TPSA) is 121 Å². The molecule has 0 aliphatic heterocycles. The summed E-state index contributed by atoms with van der Waals surface area (Å²) in [5.74, 6) is 1.18. The third-order valence-electron chi connectivity index (χ3n) is 3.65. The average molecular weight is 443 g/mol. The van der Waals surface area contributed by atoms with E-state index in [9.17, 15) is 5.11 Å². The molecule has 0 amide bonds. The SMILES string of the molecule is CCOc1ccc(-n2nnnc2SCC(O)COCCOCCOCC(C)O)cc1. The molecule has 0 aliphatic carbocycles. The Hall–Kier alpha value is -1.76. The lowest BCUT2D eigenvalue weighted by atomic mass is 10.3. The molecule has 0 bridgehead atoms. The second kappa shape index (κ2) is 14.3. The number of aromatic nitrogens is 4. The summed E-state index contributed by atoms with van der Waals surface area (Å²) in [6.45, 7) is 6.34. The molecule has 0 radical (unpaired) electrons. The molecule has 2 rings (SSSR count). The van der Waals surface area contributed by atoms with Crippen molar-refractivity contribution >= 4 is 11.8 Å². The predicted octanol–water partition coefficient (Wildman–Crippen LogP) is 0.945. The largest absolute Gasteiger partial charge is 0.494 e. The highest BCUT2D eigenvalue weighted by Crippen LogP contribution is 2.21. The quantitative estimate of drug-likeness (QED) is 0.287. The van der Waals surface area contributed by atoms with E-state index < -0.39 is 12.2 Å². The maximum absolute atomic E-state index is 10.1. The smallest absolute Gasteiger partial charge is 0.214 e. The van der Waals surface area contributed by atoms with Crippen LogP contribution in [-0.4, -0.2) is 94.6 Å². The van der Waals surface area contributed by atoms with Crippen molar-refractivity contribution in [1.82, 2.24) is 20.2 Å². The van der Waals surface area contributed by atoms with Crippen molar-refractivity contribution in [2.24, 2.45) is 0 Å². The van der Waals surface area contributed by atoms with E-state index in [2.05, 4.69) is 15.5 Å². The lowest BCUT2D eigenvalue weighted by Crippen LogP contribution is -2.20. The minimum absolute atomic E-state index is 0.194. The molecule has 0 aliphatic rings. The zero-order chi connectivity index (χ0) is 21.6. The van der Waals surface area contributed by atoms with Gasteiger partial charge in [0.15, 0.2) is 0 Å². The molecule has 2 aromatic rings. The van der Waals surface area contributed by atoms with Crippen molar-refractivity contribution in [1.29, 1.82) is 0 Å². The standard InChI is InChI=1S/C19H30N4O6S/c1-3-29-18-6-4-16(5-7-18)23-19(20-21-22-23)30-14-17(25)13-28-11-9-26-8-10-27-12-15(2)24/h4-7,15,17,24-25H,3,8-14H2,1-2H3. The molecule has 1 aromatic carbocycles. The van der Waals surface area contributed by atoms with Gasteiger partial charge in [-0.15, -0.1) is 5.10 Å². The van der Waals surface area contributed by atoms with Gasteiger partial charge in [0.1, 0.15) is 5.75 Å². The fraction of sp³-hybridized carbons (Fsp3) is 0.632. The van der Waals surface area contributed by atoms with Gasteiger partial charge in [-0.2, -0.15) is 4.68 Å². The van der Waals surface area contributed by atoms with E-state index in [0.29, 0.717) is 50.6 Å². The first kappa shape index (κ1) is 24.5. The number of benzene rings is 1. The first-order valence-electron chi connectivity index (χ1n) is 9.84. The highest BCUT2D eigenvalue weighted by molar-refractivity contribution is 7.99. The maximum Gasteiger partial charge on any atom is 0.214 e. The Labute approximate surface area is 180 Å². The fourth-order valence-corrected chi connectivity index (χ4v) is 3.11. The number of hydrogen-bond donors (Lipinski definition) is 2. The molecular weight excluding hydrogens is 412 g/mol. The van der Waals surface area contributed by atoms with Crippen LogP contribution in [0.25, 0.3) is 5.69 Å². The van der Waals surface area contributed by atoms with Crippen LogP contribution in [-0.2, 0) is 14.2 Å². The Kier molecular flexibility index (Phi) is 11.7. The summed E-state index contributed by atoms with van der Waals surface area (Å²) in [4.78, 5) is 0. The number of aliphatic hydroxyl groups is 2. The van der Waals surface area contributed by atoms with Gasteiger partial charge >= 0.3 is 0 Å².